The van der Waals surface area contributed by atoms with Crippen LogP contribution >= 0.6 is 39.1 Å². The van der Waals surface area contributed by atoms with E-state index in [9.17, 15) is 14.9 Å². The lowest BCUT2D eigenvalue weighted by atomic mass is 10.2. The minimum Gasteiger partial charge on any atom is -0.265 e. The molecule has 0 radical (unpaired) electrons. The van der Waals surface area contributed by atoms with E-state index in [4.69, 9.17) is 23.2 Å². The molecule has 0 fully saturated rings. The number of amides is 1. The average Bonchev–Trinajstić information content (AvgIpc) is 3.09. The van der Waals surface area contributed by atoms with Gasteiger partial charge in [-0.3, -0.25) is 19.6 Å². The topological polar surface area (TPSA) is 102 Å². The largest absolute Gasteiger partial charge is 0.320 e. The van der Waals surface area contributed by atoms with Crippen molar-refractivity contribution in [1.29, 1.82) is 0 Å². The van der Waals surface area contributed by atoms with Gasteiger partial charge in [-0.15, -0.1) is 0 Å². The number of nitro groups is 1. The van der Waals surface area contributed by atoms with Gasteiger partial charge in [0, 0.05) is 4.47 Å². The number of nitrogens with one attached hydrogen (secondary N) is 1. The summed E-state index contributed by atoms with van der Waals surface area (Å²) in [6.45, 7) is 0.264. The highest BCUT2D eigenvalue weighted by Crippen LogP contribution is 2.22. The van der Waals surface area contributed by atoms with Crippen LogP contribution < -0.4 is 5.43 Å². The summed E-state index contributed by atoms with van der Waals surface area (Å²) in [6.07, 6.45) is 2.54. The number of hydrazone groups is 1. The Kier molecular flexibility index (Phi) is 6.63. The molecule has 0 spiro atoms. The lowest BCUT2D eigenvalue weighted by Crippen LogP contribution is -2.19. The van der Waals surface area contributed by atoms with Crippen LogP contribution in [0.3, 0.4) is 0 Å². The molecule has 1 amide bonds. The summed E-state index contributed by atoms with van der Waals surface area (Å²) < 4.78 is 2.20. The average molecular weight is 497 g/mol. The van der Waals surface area contributed by atoms with Crippen molar-refractivity contribution in [3.05, 3.63) is 90.1 Å². The smallest absolute Gasteiger partial charge is 0.265 e. The summed E-state index contributed by atoms with van der Waals surface area (Å²) in [5, 5.41) is 19.9. The third-order valence-electron chi connectivity index (χ3n) is 3.71. The Morgan fingerprint density at radius 2 is 2.07 bits per heavy atom. The van der Waals surface area contributed by atoms with Crippen LogP contribution in [0.4, 0.5) is 5.69 Å². The first-order valence-corrected chi connectivity index (χ1v) is 9.63. The second-order valence-corrected chi connectivity index (χ2v) is 7.55. The van der Waals surface area contributed by atoms with Crippen LogP contribution in [-0.2, 0) is 6.54 Å². The van der Waals surface area contributed by atoms with Crippen molar-refractivity contribution in [2.75, 3.05) is 0 Å². The van der Waals surface area contributed by atoms with Crippen LogP contribution in [0.25, 0.3) is 0 Å². The van der Waals surface area contributed by atoms with Gasteiger partial charge in [-0.2, -0.15) is 10.2 Å². The van der Waals surface area contributed by atoms with Crippen molar-refractivity contribution in [3.63, 3.8) is 0 Å². The summed E-state index contributed by atoms with van der Waals surface area (Å²) in [5.41, 5.74) is 2.93. The zero-order valence-electron chi connectivity index (χ0n) is 14.6. The number of hydrogen-bond donors (Lipinski definition) is 1. The van der Waals surface area contributed by atoms with E-state index in [-0.39, 0.29) is 12.2 Å². The summed E-state index contributed by atoms with van der Waals surface area (Å²) in [5.74, 6) is -0.805. The monoisotopic (exact) mass is 495 g/mol. The second kappa shape index (κ2) is 9.17. The lowest BCUT2D eigenvalue weighted by molar-refractivity contribution is -0.385. The van der Waals surface area contributed by atoms with Gasteiger partial charge < -0.3 is 0 Å². The summed E-state index contributed by atoms with van der Waals surface area (Å²) in [7, 11) is 0. The maximum absolute atomic E-state index is 12.3. The number of nitrogens with zero attached hydrogens (tertiary/aromatic N) is 4. The van der Waals surface area contributed by atoms with E-state index in [0.717, 1.165) is 10.0 Å². The number of halogens is 3. The highest BCUT2D eigenvalue weighted by molar-refractivity contribution is 9.10. The van der Waals surface area contributed by atoms with Crippen molar-refractivity contribution in [2.45, 2.75) is 6.54 Å². The quantitative estimate of drug-likeness (QED) is 0.304. The van der Waals surface area contributed by atoms with Crippen LogP contribution in [0, 0.1) is 10.1 Å². The van der Waals surface area contributed by atoms with Crippen LogP contribution in [-0.4, -0.2) is 26.8 Å². The SMILES string of the molecule is O=C(NN=Cc1ccc(Cl)c(Cl)c1)c1nn(Cc2cccc(Br)c2)cc1[N+](=O)[O-]. The third kappa shape index (κ3) is 5.41. The van der Waals surface area contributed by atoms with E-state index in [2.05, 4.69) is 31.6 Å². The normalized spacial score (nSPS) is 11.0. The number of aromatic nitrogens is 2. The third-order valence-corrected chi connectivity index (χ3v) is 4.94. The van der Waals surface area contributed by atoms with E-state index in [1.807, 2.05) is 24.3 Å². The standard InChI is InChI=1S/C18H12BrCl2N5O3/c19-13-3-1-2-12(6-13)9-25-10-16(26(28)29)17(24-25)18(27)23-22-8-11-4-5-14(20)15(21)7-11/h1-8,10H,9H2,(H,23,27). The Morgan fingerprint density at radius 3 is 2.76 bits per heavy atom. The van der Waals surface area contributed by atoms with E-state index in [1.165, 1.54) is 17.1 Å². The molecule has 0 atom stereocenters. The van der Waals surface area contributed by atoms with Crippen LogP contribution in [0.1, 0.15) is 21.6 Å². The van der Waals surface area contributed by atoms with Crippen LogP contribution in [0.5, 0.6) is 0 Å². The van der Waals surface area contributed by atoms with Crippen molar-refractivity contribution >= 4 is 56.9 Å². The summed E-state index contributed by atoms with van der Waals surface area (Å²) in [6, 6.07) is 12.2. The first-order chi connectivity index (χ1) is 13.8. The molecule has 148 valence electrons. The summed E-state index contributed by atoms with van der Waals surface area (Å²) in [4.78, 5) is 23.0. The number of hydrogen-bond acceptors (Lipinski definition) is 5. The van der Waals surface area contributed by atoms with Crippen molar-refractivity contribution in [3.8, 4) is 0 Å². The number of rotatable bonds is 6. The lowest BCUT2D eigenvalue weighted by Gasteiger charge is -2.01. The molecule has 11 heteroatoms. The molecule has 3 aromatic rings. The zero-order chi connectivity index (χ0) is 21.0. The van der Waals surface area contributed by atoms with Crippen molar-refractivity contribution in [1.82, 2.24) is 15.2 Å². The maximum atomic E-state index is 12.3. The highest BCUT2D eigenvalue weighted by Gasteiger charge is 2.25. The minimum atomic E-state index is -0.805. The van der Waals surface area contributed by atoms with E-state index in [0.29, 0.717) is 15.6 Å². The van der Waals surface area contributed by atoms with E-state index < -0.39 is 16.5 Å². The highest BCUT2D eigenvalue weighted by atomic mass is 79.9. The zero-order valence-corrected chi connectivity index (χ0v) is 17.6. The fourth-order valence-electron chi connectivity index (χ4n) is 2.42. The molecule has 0 unspecified atom stereocenters. The van der Waals surface area contributed by atoms with Gasteiger partial charge >= 0.3 is 5.69 Å². The fourth-order valence-corrected chi connectivity index (χ4v) is 3.17. The van der Waals surface area contributed by atoms with Gasteiger partial charge in [-0.05, 0) is 35.4 Å². The van der Waals surface area contributed by atoms with Crippen LogP contribution in [0.15, 0.2) is 58.2 Å². The molecule has 1 aromatic heterocycles. The van der Waals surface area contributed by atoms with Gasteiger partial charge in [-0.1, -0.05) is 57.3 Å². The predicted octanol–water partition coefficient (Wildman–Crippen LogP) is 4.67. The Balaban J connectivity index is 1.76. The molecule has 29 heavy (non-hydrogen) atoms. The second-order valence-electron chi connectivity index (χ2n) is 5.82. The minimum absolute atomic E-state index is 0.264. The molecule has 0 aliphatic carbocycles. The first kappa shape index (κ1) is 21.0. The molecule has 0 aliphatic heterocycles. The van der Waals surface area contributed by atoms with E-state index in [1.54, 1.807) is 18.2 Å². The number of carbonyl (C=O) groups excluding carboxylic acids is 1. The van der Waals surface area contributed by atoms with Crippen molar-refractivity contribution < 1.29 is 9.72 Å². The molecular weight excluding hydrogens is 485 g/mol. The molecule has 3 rings (SSSR count). The summed E-state index contributed by atoms with van der Waals surface area (Å²) >= 11 is 15.1. The van der Waals surface area contributed by atoms with Gasteiger partial charge in [0.2, 0.25) is 5.69 Å². The van der Waals surface area contributed by atoms with Gasteiger partial charge in [0.1, 0.15) is 6.20 Å². The molecule has 0 saturated carbocycles. The van der Waals surface area contributed by atoms with Crippen molar-refractivity contribution in [2.24, 2.45) is 5.10 Å². The predicted molar refractivity (Wildman–Crippen MR) is 114 cm³/mol. The molecule has 0 saturated heterocycles. The van der Waals surface area contributed by atoms with Gasteiger partial charge in [0.05, 0.1) is 27.7 Å². The van der Waals surface area contributed by atoms with Gasteiger partial charge in [0.25, 0.3) is 5.91 Å². The fraction of sp³-hybridized carbons (Fsp3) is 0.0556. The molecule has 0 bridgehead atoms. The first-order valence-electron chi connectivity index (χ1n) is 8.08. The maximum Gasteiger partial charge on any atom is 0.320 e. The molecular formula is C18H12BrCl2N5O3. The molecule has 0 aliphatic rings. The van der Waals surface area contributed by atoms with Gasteiger partial charge in [0.15, 0.2) is 0 Å². The van der Waals surface area contributed by atoms with Crippen LogP contribution in [0.2, 0.25) is 10.0 Å². The Morgan fingerprint density at radius 1 is 1.28 bits per heavy atom. The van der Waals surface area contributed by atoms with Gasteiger partial charge in [-0.25, -0.2) is 5.43 Å². The molecule has 2 aromatic carbocycles. The number of carbonyl (C=O) groups is 1. The molecule has 8 nitrogen and oxygen atoms in total. The Labute approximate surface area is 183 Å². The number of benzene rings is 2. The molecule has 1 heterocycles. The Hall–Kier alpha value is -2.75. The molecule has 1 N–H and O–H groups in total. The van der Waals surface area contributed by atoms with E-state index >= 15 is 0 Å². The Bertz CT molecular complexity index is 1120.